The maximum Gasteiger partial charge on any atom is 0.0772 e. The third-order valence-electron chi connectivity index (χ3n) is 1.85. The zero-order valence-corrected chi connectivity index (χ0v) is 9.30. The number of thiophene rings is 1. The van der Waals surface area contributed by atoms with Crippen molar-refractivity contribution in [2.75, 3.05) is 0 Å². The molecule has 3 N–H and O–H groups in total. The second-order valence-electron chi connectivity index (χ2n) is 3.04. The first-order valence-electron chi connectivity index (χ1n) is 3.93. The maximum absolute atomic E-state index is 6.10. The molecule has 2 nitrogen and oxygen atoms in total. The molecule has 0 radical (unpaired) electrons. The van der Waals surface area contributed by atoms with Gasteiger partial charge in [-0.15, -0.1) is 11.3 Å². The molecule has 0 aliphatic rings. The average Bonchev–Trinajstić information content (AvgIpc) is 2.37. The highest BCUT2D eigenvalue weighted by molar-refractivity contribution is 7.10. The summed E-state index contributed by atoms with van der Waals surface area (Å²) < 4.78 is 0. The van der Waals surface area contributed by atoms with Gasteiger partial charge in [-0.1, -0.05) is 23.8 Å². The monoisotopic (exact) mass is 216 g/mol. The van der Waals surface area contributed by atoms with E-state index in [0.29, 0.717) is 0 Å². The predicted octanol–water partition coefficient (Wildman–Crippen LogP) is 2.79. The normalized spacial score (nSPS) is 12.9. The summed E-state index contributed by atoms with van der Waals surface area (Å²) in [6.45, 7) is 7.77. The van der Waals surface area contributed by atoms with Gasteiger partial charge >= 0.3 is 0 Å². The van der Waals surface area contributed by atoms with Gasteiger partial charge in [0.2, 0.25) is 0 Å². The van der Waals surface area contributed by atoms with Gasteiger partial charge in [-0.25, -0.2) is 5.43 Å². The first-order chi connectivity index (χ1) is 6.07. The smallest absolute Gasteiger partial charge is 0.0772 e. The summed E-state index contributed by atoms with van der Waals surface area (Å²) in [5.74, 6) is 5.42. The molecule has 72 valence electrons. The molecular weight excluding hydrogens is 204 g/mol. The minimum atomic E-state index is -0.0359. The van der Waals surface area contributed by atoms with Gasteiger partial charge in [-0.3, -0.25) is 5.84 Å². The van der Waals surface area contributed by atoms with Gasteiger partial charge < -0.3 is 0 Å². The fourth-order valence-corrected chi connectivity index (χ4v) is 2.54. The third-order valence-corrected chi connectivity index (χ3v) is 3.63. The van der Waals surface area contributed by atoms with Crippen LogP contribution >= 0.6 is 22.9 Å². The summed E-state index contributed by atoms with van der Waals surface area (Å²) >= 11 is 7.70. The number of nitrogens with one attached hydrogen (secondary N) is 1. The fraction of sp³-hybridized carbons (Fsp3) is 0.333. The van der Waals surface area contributed by atoms with Crippen molar-refractivity contribution in [3.8, 4) is 0 Å². The number of hydrogen-bond acceptors (Lipinski definition) is 3. The largest absolute Gasteiger partial charge is 0.271 e. The van der Waals surface area contributed by atoms with Gasteiger partial charge in [0, 0.05) is 4.88 Å². The number of aryl methyl sites for hydroxylation is 1. The second kappa shape index (κ2) is 4.24. The number of halogens is 1. The van der Waals surface area contributed by atoms with Crippen LogP contribution in [0.3, 0.4) is 0 Å². The van der Waals surface area contributed by atoms with E-state index in [9.17, 15) is 0 Å². The number of hydrazine groups is 1. The molecule has 4 heteroatoms. The Labute approximate surface area is 87.4 Å². The van der Waals surface area contributed by atoms with E-state index in [1.807, 2.05) is 19.2 Å². The summed E-state index contributed by atoms with van der Waals surface area (Å²) in [5.41, 5.74) is 4.75. The highest BCUT2D eigenvalue weighted by Gasteiger charge is 2.16. The summed E-state index contributed by atoms with van der Waals surface area (Å²) in [4.78, 5) is 1.04. The van der Waals surface area contributed by atoms with Crippen LogP contribution in [0.15, 0.2) is 17.5 Å². The Morgan fingerprint density at radius 2 is 2.38 bits per heavy atom. The Morgan fingerprint density at radius 1 is 1.77 bits per heavy atom. The van der Waals surface area contributed by atoms with E-state index >= 15 is 0 Å². The summed E-state index contributed by atoms with van der Waals surface area (Å²) in [5, 5.41) is 2.81. The zero-order valence-electron chi connectivity index (χ0n) is 7.73. The molecule has 0 aliphatic carbocycles. The Balaban J connectivity index is 3.05. The quantitative estimate of drug-likeness (QED) is 0.463. The SMILES string of the molecule is C=C(C)C(NN)c1scc(C)c1Cl. The molecule has 0 saturated heterocycles. The lowest BCUT2D eigenvalue weighted by Crippen LogP contribution is -2.28. The van der Waals surface area contributed by atoms with E-state index in [4.69, 9.17) is 17.4 Å². The van der Waals surface area contributed by atoms with Crippen LogP contribution in [0.1, 0.15) is 23.4 Å². The molecule has 0 aromatic carbocycles. The van der Waals surface area contributed by atoms with E-state index in [0.717, 1.165) is 21.0 Å². The van der Waals surface area contributed by atoms with Crippen LogP contribution in [-0.4, -0.2) is 0 Å². The van der Waals surface area contributed by atoms with E-state index in [-0.39, 0.29) is 6.04 Å². The standard InChI is InChI=1S/C9H13ClN2S/c1-5(2)8(12-11)9-7(10)6(3)4-13-9/h4,8,12H,1,11H2,2-3H3. The molecule has 0 saturated carbocycles. The first kappa shape index (κ1) is 10.7. The molecule has 1 unspecified atom stereocenters. The van der Waals surface area contributed by atoms with Crippen LogP contribution in [0.25, 0.3) is 0 Å². The second-order valence-corrected chi connectivity index (χ2v) is 4.33. The van der Waals surface area contributed by atoms with Crippen molar-refractivity contribution < 1.29 is 0 Å². The van der Waals surface area contributed by atoms with Crippen LogP contribution in [0.5, 0.6) is 0 Å². The number of nitrogens with two attached hydrogens (primary N) is 1. The molecule has 0 aliphatic heterocycles. The average molecular weight is 217 g/mol. The molecular formula is C9H13ClN2S. The van der Waals surface area contributed by atoms with Crippen LogP contribution in [0.2, 0.25) is 5.02 Å². The minimum absolute atomic E-state index is 0.0359. The highest BCUT2D eigenvalue weighted by atomic mass is 35.5. The minimum Gasteiger partial charge on any atom is -0.271 e. The van der Waals surface area contributed by atoms with Crippen LogP contribution in [-0.2, 0) is 0 Å². The summed E-state index contributed by atoms with van der Waals surface area (Å²) in [7, 11) is 0. The molecule has 0 amide bonds. The van der Waals surface area contributed by atoms with Crippen molar-refractivity contribution in [2.24, 2.45) is 5.84 Å². The van der Waals surface area contributed by atoms with E-state index in [1.165, 1.54) is 0 Å². The van der Waals surface area contributed by atoms with E-state index in [2.05, 4.69) is 12.0 Å². The topological polar surface area (TPSA) is 38.0 Å². The molecule has 0 bridgehead atoms. The molecule has 1 aromatic heterocycles. The lowest BCUT2D eigenvalue weighted by atomic mass is 10.1. The Bertz CT molecular complexity index is 319. The maximum atomic E-state index is 6.10. The van der Waals surface area contributed by atoms with Crippen molar-refractivity contribution >= 4 is 22.9 Å². The van der Waals surface area contributed by atoms with Crippen molar-refractivity contribution in [2.45, 2.75) is 19.9 Å². The zero-order chi connectivity index (χ0) is 10.0. The van der Waals surface area contributed by atoms with Gasteiger partial charge in [0.25, 0.3) is 0 Å². The van der Waals surface area contributed by atoms with Crippen LogP contribution in [0.4, 0.5) is 0 Å². The van der Waals surface area contributed by atoms with Crippen LogP contribution in [0, 0.1) is 6.92 Å². The van der Waals surface area contributed by atoms with Gasteiger partial charge in [0.05, 0.1) is 11.1 Å². The highest BCUT2D eigenvalue weighted by Crippen LogP contribution is 2.34. The Morgan fingerprint density at radius 3 is 2.69 bits per heavy atom. The molecule has 1 aromatic rings. The van der Waals surface area contributed by atoms with Crippen molar-refractivity contribution in [1.29, 1.82) is 0 Å². The molecule has 1 heterocycles. The van der Waals surface area contributed by atoms with Crippen molar-refractivity contribution in [3.63, 3.8) is 0 Å². The Kier molecular flexibility index (Phi) is 3.50. The van der Waals surface area contributed by atoms with Crippen molar-refractivity contribution in [3.05, 3.63) is 33.0 Å². The first-order valence-corrected chi connectivity index (χ1v) is 5.18. The van der Waals surface area contributed by atoms with Crippen molar-refractivity contribution in [1.82, 2.24) is 5.43 Å². The van der Waals surface area contributed by atoms with Gasteiger partial charge in [0.1, 0.15) is 0 Å². The van der Waals surface area contributed by atoms with E-state index in [1.54, 1.807) is 11.3 Å². The molecule has 1 atom stereocenters. The number of rotatable bonds is 3. The van der Waals surface area contributed by atoms with E-state index < -0.39 is 0 Å². The molecule has 1 rings (SSSR count). The van der Waals surface area contributed by atoms with Gasteiger partial charge in [-0.05, 0) is 24.8 Å². The molecule has 13 heavy (non-hydrogen) atoms. The number of hydrogen-bond donors (Lipinski definition) is 2. The van der Waals surface area contributed by atoms with Gasteiger partial charge in [-0.2, -0.15) is 0 Å². The summed E-state index contributed by atoms with van der Waals surface area (Å²) in [6, 6.07) is -0.0359. The lowest BCUT2D eigenvalue weighted by Gasteiger charge is -2.14. The van der Waals surface area contributed by atoms with Crippen LogP contribution < -0.4 is 11.3 Å². The molecule has 0 fully saturated rings. The third kappa shape index (κ3) is 2.11. The lowest BCUT2D eigenvalue weighted by molar-refractivity contribution is 0.636. The molecule has 0 spiro atoms. The summed E-state index contributed by atoms with van der Waals surface area (Å²) in [6.07, 6.45) is 0. The Hall–Kier alpha value is -0.350. The fourth-order valence-electron chi connectivity index (χ4n) is 1.09. The predicted molar refractivity (Wildman–Crippen MR) is 58.9 cm³/mol. The van der Waals surface area contributed by atoms with Gasteiger partial charge in [0.15, 0.2) is 0 Å².